The van der Waals surface area contributed by atoms with Gasteiger partial charge >= 0.3 is 9.75 Å². The average Bonchev–Trinajstić information content (AvgIpc) is 2.72. The number of rotatable bonds is 2. The minimum absolute atomic E-state index is 0.192. The lowest BCUT2D eigenvalue weighted by Crippen LogP contribution is -1.90. The van der Waals surface area contributed by atoms with Gasteiger partial charge in [0.25, 0.3) is 10.3 Å². The second kappa shape index (κ2) is 3.59. The van der Waals surface area contributed by atoms with Crippen LogP contribution in [0.3, 0.4) is 0 Å². The fourth-order valence-corrected chi connectivity index (χ4v) is 1.48. The lowest BCUT2D eigenvalue weighted by Gasteiger charge is -1.76. The summed E-state index contributed by atoms with van der Waals surface area (Å²) in [6, 6.07) is 0. The first-order valence-electron chi connectivity index (χ1n) is 3.27. The van der Waals surface area contributed by atoms with Gasteiger partial charge in [0, 0.05) is 0 Å². The number of aromatic amines is 2. The Balaban J connectivity index is 2.22. The van der Waals surface area contributed by atoms with Gasteiger partial charge in [-0.15, -0.1) is 20.4 Å². The molecule has 14 heavy (non-hydrogen) atoms. The summed E-state index contributed by atoms with van der Waals surface area (Å²) < 4.78 is 0. The smallest absolute Gasteiger partial charge is 0.255 e. The summed E-state index contributed by atoms with van der Waals surface area (Å²) in [6.07, 6.45) is 0. The molecule has 2 heterocycles. The second-order valence-corrected chi connectivity index (χ2v) is 3.87. The average molecular weight is 230 g/mol. The fourth-order valence-electron chi connectivity index (χ4n) is 0.615. The van der Waals surface area contributed by atoms with Crippen molar-refractivity contribution in [1.29, 1.82) is 0 Å². The number of azo groups is 1. The molecule has 2 aromatic heterocycles. The molecule has 0 bridgehead atoms. The van der Waals surface area contributed by atoms with Gasteiger partial charge in [-0.2, -0.15) is 0 Å². The Hall–Kier alpha value is -1.68. The number of nitrogens with one attached hydrogen (secondary N) is 2. The molecule has 0 unspecified atom stereocenters. The summed E-state index contributed by atoms with van der Waals surface area (Å²) >= 11 is 1.64. The Morgan fingerprint density at radius 3 is 1.64 bits per heavy atom. The standard InChI is InChI=1S/C4H2N6O2S2/c11-3-9-7-1(13-3)5-6-2-8-10-4(12)14-2/h(H,9,11)(H,10,12). The molecule has 0 spiro atoms. The van der Waals surface area contributed by atoms with Crippen LogP contribution in [0.15, 0.2) is 19.8 Å². The zero-order chi connectivity index (χ0) is 9.97. The summed E-state index contributed by atoms with van der Waals surface area (Å²) in [5.74, 6) is 0. The van der Waals surface area contributed by atoms with Crippen molar-refractivity contribution < 1.29 is 0 Å². The van der Waals surface area contributed by atoms with E-state index in [0.29, 0.717) is 0 Å². The molecule has 0 aliphatic heterocycles. The number of aromatic nitrogens is 4. The summed E-state index contributed by atoms with van der Waals surface area (Å²) in [5.41, 5.74) is 0. The highest BCUT2D eigenvalue weighted by Gasteiger charge is 1.98. The maximum atomic E-state index is 10.6. The van der Waals surface area contributed by atoms with E-state index in [1.165, 1.54) is 0 Å². The molecule has 0 amide bonds. The molecule has 0 aliphatic rings. The van der Waals surface area contributed by atoms with E-state index in [1.54, 1.807) is 0 Å². The topological polar surface area (TPSA) is 116 Å². The van der Waals surface area contributed by atoms with Gasteiger partial charge in [-0.25, -0.2) is 10.2 Å². The highest BCUT2D eigenvalue weighted by atomic mass is 32.1. The van der Waals surface area contributed by atoms with Gasteiger partial charge in [0.15, 0.2) is 0 Å². The highest BCUT2D eigenvalue weighted by molar-refractivity contribution is 7.13. The predicted octanol–water partition coefficient (Wildman–Crippen LogP) is 0.392. The molecule has 72 valence electrons. The molecule has 0 radical (unpaired) electrons. The van der Waals surface area contributed by atoms with Gasteiger partial charge < -0.3 is 0 Å². The molecule has 2 aromatic rings. The van der Waals surface area contributed by atoms with E-state index in [1.807, 2.05) is 0 Å². The number of H-pyrrole nitrogens is 2. The Labute approximate surface area is 83.4 Å². The van der Waals surface area contributed by atoms with Crippen LogP contribution < -0.4 is 9.75 Å². The minimum atomic E-state index is -0.311. The molecular formula is C4H2N6O2S2. The third-order valence-electron chi connectivity index (χ3n) is 1.07. The number of nitrogens with zero attached hydrogens (tertiary/aromatic N) is 4. The van der Waals surface area contributed by atoms with Crippen LogP contribution in [0.4, 0.5) is 10.3 Å². The Morgan fingerprint density at radius 2 is 1.36 bits per heavy atom. The lowest BCUT2D eigenvalue weighted by molar-refractivity contribution is 1.01. The monoisotopic (exact) mass is 230 g/mol. The zero-order valence-corrected chi connectivity index (χ0v) is 8.05. The van der Waals surface area contributed by atoms with Crippen molar-refractivity contribution in [1.82, 2.24) is 20.4 Å². The lowest BCUT2D eigenvalue weighted by atomic mass is 11.2. The Morgan fingerprint density at radius 1 is 0.929 bits per heavy atom. The van der Waals surface area contributed by atoms with E-state index in [-0.39, 0.29) is 20.0 Å². The molecule has 0 saturated carbocycles. The van der Waals surface area contributed by atoms with Crippen LogP contribution in [0.25, 0.3) is 0 Å². The van der Waals surface area contributed by atoms with Crippen LogP contribution in [-0.2, 0) is 0 Å². The molecule has 0 saturated heterocycles. The van der Waals surface area contributed by atoms with E-state index < -0.39 is 0 Å². The van der Waals surface area contributed by atoms with Crippen molar-refractivity contribution >= 4 is 32.9 Å². The van der Waals surface area contributed by atoms with E-state index in [9.17, 15) is 9.59 Å². The first kappa shape index (κ1) is 8.90. The molecule has 0 aromatic carbocycles. The van der Waals surface area contributed by atoms with E-state index in [4.69, 9.17) is 0 Å². The summed E-state index contributed by atoms with van der Waals surface area (Å²) in [5, 5.41) is 19.0. The quantitative estimate of drug-likeness (QED) is 0.726. The van der Waals surface area contributed by atoms with E-state index >= 15 is 0 Å². The first-order valence-corrected chi connectivity index (χ1v) is 4.90. The van der Waals surface area contributed by atoms with E-state index in [0.717, 1.165) is 22.7 Å². The van der Waals surface area contributed by atoms with Crippen LogP contribution in [-0.4, -0.2) is 20.4 Å². The summed E-state index contributed by atoms with van der Waals surface area (Å²) in [6.45, 7) is 0. The molecule has 2 N–H and O–H groups in total. The zero-order valence-electron chi connectivity index (χ0n) is 6.42. The molecule has 0 fully saturated rings. The van der Waals surface area contributed by atoms with Gasteiger partial charge in [0.1, 0.15) is 0 Å². The highest BCUT2D eigenvalue weighted by Crippen LogP contribution is 2.15. The molecule has 2 rings (SSSR count). The molecule has 0 atom stereocenters. The van der Waals surface area contributed by atoms with Gasteiger partial charge in [-0.3, -0.25) is 9.59 Å². The van der Waals surface area contributed by atoms with Crippen molar-refractivity contribution in [3.63, 3.8) is 0 Å². The van der Waals surface area contributed by atoms with Gasteiger partial charge in [0.2, 0.25) is 0 Å². The SMILES string of the molecule is O=c1[nH]nc(N=Nc2n[nH]c(=O)s2)s1. The largest absolute Gasteiger partial charge is 0.324 e. The molecule has 0 aliphatic carbocycles. The Bertz CT molecular complexity index is 510. The van der Waals surface area contributed by atoms with Crippen molar-refractivity contribution in [2.75, 3.05) is 0 Å². The number of hydrogen-bond acceptors (Lipinski definition) is 8. The molecule has 10 heteroatoms. The summed E-state index contributed by atoms with van der Waals surface area (Å²) in [4.78, 5) is 20.6. The Kier molecular flexibility index (Phi) is 2.28. The third-order valence-corrected chi connectivity index (χ3v) is 2.34. The van der Waals surface area contributed by atoms with Crippen molar-refractivity contribution in [3.8, 4) is 0 Å². The van der Waals surface area contributed by atoms with Crippen molar-refractivity contribution in [2.24, 2.45) is 10.2 Å². The number of hydrogen-bond donors (Lipinski definition) is 2. The van der Waals surface area contributed by atoms with Gasteiger partial charge in [-0.1, -0.05) is 0 Å². The maximum absolute atomic E-state index is 10.6. The normalized spacial score (nSPS) is 11.1. The van der Waals surface area contributed by atoms with Crippen LogP contribution in [0.1, 0.15) is 0 Å². The van der Waals surface area contributed by atoms with Crippen molar-refractivity contribution in [2.45, 2.75) is 0 Å². The van der Waals surface area contributed by atoms with E-state index in [2.05, 4.69) is 30.6 Å². The molecular weight excluding hydrogens is 228 g/mol. The summed E-state index contributed by atoms with van der Waals surface area (Å²) in [7, 11) is 0. The molecule has 8 nitrogen and oxygen atoms in total. The fraction of sp³-hybridized carbons (Fsp3) is 0. The minimum Gasteiger partial charge on any atom is -0.255 e. The van der Waals surface area contributed by atoms with Gasteiger partial charge in [0.05, 0.1) is 0 Å². The van der Waals surface area contributed by atoms with Crippen LogP contribution >= 0.6 is 22.7 Å². The second-order valence-electron chi connectivity index (χ2n) is 1.99. The van der Waals surface area contributed by atoms with Gasteiger partial charge in [-0.05, 0) is 22.7 Å². The van der Waals surface area contributed by atoms with Crippen LogP contribution in [0.5, 0.6) is 0 Å². The first-order chi connectivity index (χ1) is 6.74. The third kappa shape index (κ3) is 1.97. The predicted molar refractivity (Wildman–Crippen MR) is 49.6 cm³/mol. The van der Waals surface area contributed by atoms with Crippen molar-refractivity contribution in [3.05, 3.63) is 19.3 Å². The van der Waals surface area contributed by atoms with Crippen LogP contribution in [0.2, 0.25) is 0 Å². The maximum Gasteiger partial charge on any atom is 0.324 e. The van der Waals surface area contributed by atoms with Crippen LogP contribution in [0, 0.1) is 0 Å².